The van der Waals surface area contributed by atoms with Crippen LogP contribution in [0.2, 0.25) is 0 Å². The minimum Gasteiger partial charge on any atom is -0.485 e. The first-order valence-electron chi connectivity index (χ1n) is 5.69. The first-order valence-corrected chi connectivity index (χ1v) is 5.69. The lowest BCUT2D eigenvalue weighted by Gasteiger charge is -2.09. The maximum atomic E-state index is 5.79. The number of benzene rings is 2. The molecule has 0 aliphatic carbocycles. The van der Waals surface area contributed by atoms with E-state index in [0.29, 0.717) is 29.5 Å². The summed E-state index contributed by atoms with van der Waals surface area (Å²) in [6.07, 6.45) is 0. The van der Waals surface area contributed by atoms with Gasteiger partial charge >= 0.3 is 0 Å². The SMILES string of the molecule is Nc1cc2c(c(OCc3ccccc3)c1)OCO2. The molecule has 1 aliphatic heterocycles. The molecule has 0 saturated heterocycles. The van der Waals surface area contributed by atoms with Gasteiger partial charge in [-0.1, -0.05) is 30.3 Å². The number of fused-ring (bicyclic) bond motifs is 1. The van der Waals surface area contributed by atoms with Crippen LogP contribution in [0.3, 0.4) is 0 Å². The van der Waals surface area contributed by atoms with Crippen molar-refractivity contribution >= 4 is 5.69 Å². The van der Waals surface area contributed by atoms with Crippen molar-refractivity contribution in [3.63, 3.8) is 0 Å². The molecule has 2 aromatic carbocycles. The monoisotopic (exact) mass is 243 g/mol. The molecule has 3 rings (SSSR count). The van der Waals surface area contributed by atoms with Crippen LogP contribution in [0.5, 0.6) is 17.2 Å². The lowest BCUT2D eigenvalue weighted by Crippen LogP contribution is -1.98. The Bertz CT molecular complexity index is 554. The van der Waals surface area contributed by atoms with Crippen LogP contribution in [0, 0.1) is 0 Å². The van der Waals surface area contributed by atoms with Crippen LogP contribution in [0.1, 0.15) is 5.56 Å². The van der Waals surface area contributed by atoms with E-state index >= 15 is 0 Å². The molecule has 0 spiro atoms. The maximum Gasteiger partial charge on any atom is 0.231 e. The van der Waals surface area contributed by atoms with E-state index < -0.39 is 0 Å². The van der Waals surface area contributed by atoms with E-state index in [1.54, 1.807) is 12.1 Å². The summed E-state index contributed by atoms with van der Waals surface area (Å²) in [7, 11) is 0. The number of nitrogens with two attached hydrogens (primary N) is 1. The summed E-state index contributed by atoms with van der Waals surface area (Å²) in [6, 6.07) is 13.4. The summed E-state index contributed by atoms with van der Waals surface area (Å²) in [6.45, 7) is 0.681. The molecule has 2 aromatic rings. The number of hydrogen-bond acceptors (Lipinski definition) is 4. The second-order valence-electron chi connectivity index (χ2n) is 4.03. The molecule has 92 valence electrons. The molecule has 0 amide bonds. The Morgan fingerprint density at radius 2 is 1.94 bits per heavy atom. The Morgan fingerprint density at radius 3 is 2.78 bits per heavy atom. The van der Waals surface area contributed by atoms with Crippen LogP contribution < -0.4 is 19.9 Å². The van der Waals surface area contributed by atoms with Gasteiger partial charge < -0.3 is 19.9 Å². The minimum absolute atomic E-state index is 0.209. The Balaban J connectivity index is 1.81. The van der Waals surface area contributed by atoms with Crippen LogP contribution in [-0.2, 0) is 6.61 Å². The van der Waals surface area contributed by atoms with Crippen molar-refractivity contribution in [1.29, 1.82) is 0 Å². The van der Waals surface area contributed by atoms with E-state index in [9.17, 15) is 0 Å². The van der Waals surface area contributed by atoms with Gasteiger partial charge in [-0.2, -0.15) is 0 Å². The molecule has 0 bridgehead atoms. The maximum absolute atomic E-state index is 5.79. The molecule has 2 N–H and O–H groups in total. The predicted molar refractivity (Wildman–Crippen MR) is 67.8 cm³/mol. The molecule has 0 saturated carbocycles. The normalized spacial score (nSPS) is 12.4. The fraction of sp³-hybridized carbons (Fsp3) is 0.143. The van der Waals surface area contributed by atoms with E-state index in [2.05, 4.69) is 0 Å². The number of nitrogen functional groups attached to an aromatic ring is 1. The van der Waals surface area contributed by atoms with E-state index in [1.165, 1.54) is 0 Å². The molecular weight excluding hydrogens is 230 g/mol. The molecule has 0 radical (unpaired) electrons. The van der Waals surface area contributed by atoms with Gasteiger partial charge in [-0.3, -0.25) is 0 Å². The summed E-state index contributed by atoms with van der Waals surface area (Å²) in [5.41, 5.74) is 7.47. The number of hydrogen-bond donors (Lipinski definition) is 1. The first kappa shape index (κ1) is 10.8. The molecular formula is C14H13NO3. The van der Waals surface area contributed by atoms with E-state index in [0.717, 1.165) is 5.56 Å². The van der Waals surface area contributed by atoms with Crippen molar-refractivity contribution in [3.05, 3.63) is 48.0 Å². The van der Waals surface area contributed by atoms with E-state index in [-0.39, 0.29) is 6.79 Å². The third-order valence-electron chi connectivity index (χ3n) is 2.70. The zero-order valence-electron chi connectivity index (χ0n) is 9.76. The fourth-order valence-corrected chi connectivity index (χ4v) is 1.84. The fourth-order valence-electron chi connectivity index (χ4n) is 1.84. The number of rotatable bonds is 3. The number of ether oxygens (including phenoxy) is 3. The van der Waals surface area contributed by atoms with Crippen molar-refractivity contribution in [2.24, 2.45) is 0 Å². The molecule has 0 fully saturated rings. The van der Waals surface area contributed by atoms with Gasteiger partial charge in [0.05, 0.1) is 0 Å². The van der Waals surface area contributed by atoms with Gasteiger partial charge in [0, 0.05) is 17.8 Å². The highest BCUT2D eigenvalue weighted by atomic mass is 16.7. The van der Waals surface area contributed by atoms with Crippen molar-refractivity contribution in [1.82, 2.24) is 0 Å². The van der Waals surface area contributed by atoms with Crippen LogP contribution in [-0.4, -0.2) is 6.79 Å². The van der Waals surface area contributed by atoms with Gasteiger partial charge in [0.25, 0.3) is 0 Å². The van der Waals surface area contributed by atoms with Crippen LogP contribution >= 0.6 is 0 Å². The zero-order valence-corrected chi connectivity index (χ0v) is 9.76. The summed E-state index contributed by atoms with van der Waals surface area (Å²) in [5, 5.41) is 0. The Hall–Kier alpha value is -2.36. The lowest BCUT2D eigenvalue weighted by atomic mass is 10.2. The van der Waals surface area contributed by atoms with Crippen LogP contribution in [0.4, 0.5) is 5.69 Å². The third kappa shape index (κ3) is 2.05. The highest BCUT2D eigenvalue weighted by molar-refractivity contribution is 5.61. The lowest BCUT2D eigenvalue weighted by molar-refractivity contribution is 0.169. The van der Waals surface area contributed by atoms with Gasteiger partial charge in [0.15, 0.2) is 11.5 Å². The quantitative estimate of drug-likeness (QED) is 0.842. The predicted octanol–water partition coefficient (Wildman–Crippen LogP) is 2.58. The number of anilines is 1. The van der Waals surface area contributed by atoms with Crippen molar-refractivity contribution in [2.75, 3.05) is 12.5 Å². The molecule has 4 heteroatoms. The topological polar surface area (TPSA) is 53.7 Å². The van der Waals surface area contributed by atoms with E-state index in [1.807, 2.05) is 30.3 Å². The second-order valence-corrected chi connectivity index (χ2v) is 4.03. The average Bonchev–Trinajstić information content (AvgIpc) is 2.85. The summed E-state index contributed by atoms with van der Waals surface area (Å²) >= 11 is 0. The highest BCUT2D eigenvalue weighted by Gasteiger charge is 2.19. The van der Waals surface area contributed by atoms with Gasteiger partial charge in [0.2, 0.25) is 12.5 Å². The summed E-state index contributed by atoms with van der Waals surface area (Å²) in [5.74, 6) is 1.88. The smallest absolute Gasteiger partial charge is 0.231 e. The van der Waals surface area contributed by atoms with E-state index in [4.69, 9.17) is 19.9 Å². The molecule has 0 atom stereocenters. The second kappa shape index (κ2) is 4.49. The molecule has 18 heavy (non-hydrogen) atoms. The van der Waals surface area contributed by atoms with Gasteiger partial charge in [-0.15, -0.1) is 0 Å². The highest BCUT2D eigenvalue weighted by Crippen LogP contribution is 2.42. The Morgan fingerprint density at radius 1 is 1.11 bits per heavy atom. The zero-order chi connectivity index (χ0) is 12.4. The van der Waals surface area contributed by atoms with Crippen molar-refractivity contribution in [2.45, 2.75) is 6.61 Å². The third-order valence-corrected chi connectivity index (χ3v) is 2.70. The minimum atomic E-state index is 0.209. The van der Waals surface area contributed by atoms with Gasteiger partial charge in [-0.05, 0) is 5.56 Å². The summed E-state index contributed by atoms with van der Waals surface area (Å²) in [4.78, 5) is 0. The van der Waals surface area contributed by atoms with Crippen LogP contribution in [0.15, 0.2) is 42.5 Å². The molecule has 4 nitrogen and oxygen atoms in total. The first-order chi connectivity index (χ1) is 8.83. The van der Waals surface area contributed by atoms with Crippen LogP contribution in [0.25, 0.3) is 0 Å². The largest absolute Gasteiger partial charge is 0.485 e. The Labute approximate surface area is 105 Å². The molecule has 1 heterocycles. The standard InChI is InChI=1S/C14H13NO3/c15-11-6-12(14-13(7-11)17-9-18-14)16-8-10-4-2-1-3-5-10/h1-7H,8-9,15H2. The van der Waals surface area contributed by atoms with Gasteiger partial charge in [0.1, 0.15) is 6.61 Å². The van der Waals surface area contributed by atoms with Crippen molar-refractivity contribution in [3.8, 4) is 17.2 Å². The summed E-state index contributed by atoms with van der Waals surface area (Å²) < 4.78 is 16.4. The molecule has 0 aromatic heterocycles. The molecule has 1 aliphatic rings. The molecule has 0 unspecified atom stereocenters. The van der Waals surface area contributed by atoms with Crippen molar-refractivity contribution < 1.29 is 14.2 Å². The Kier molecular flexibility index (Phi) is 2.68. The average molecular weight is 243 g/mol. The van der Waals surface area contributed by atoms with Gasteiger partial charge in [-0.25, -0.2) is 0 Å².